The largest absolute Gasteiger partial charge is 0.478 e. The molecule has 1 atom stereocenters. The number of fused-ring (bicyclic) bond motifs is 1. The molecule has 3 aromatic heterocycles. The van der Waals surface area contributed by atoms with Crippen molar-refractivity contribution in [3.05, 3.63) is 89.3 Å². The molecule has 1 unspecified atom stereocenters. The van der Waals surface area contributed by atoms with Crippen LogP contribution >= 0.6 is 0 Å². The number of piperidine rings is 1. The molecule has 0 amide bonds. The molecule has 0 saturated carbocycles. The number of carboxylic acid groups (broad SMARTS) is 1. The minimum absolute atomic E-state index is 0.0635. The highest BCUT2D eigenvalue weighted by Gasteiger charge is 2.27. The predicted molar refractivity (Wildman–Crippen MR) is 172 cm³/mol. The molecule has 1 N–H and O–H groups in total. The number of aromatic carboxylic acids is 1. The molecular formula is C35H36FN7O5. The molecule has 3 fully saturated rings. The lowest BCUT2D eigenvalue weighted by Gasteiger charge is -2.32. The first kappa shape index (κ1) is 30.6. The van der Waals surface area contributed by atoms with E-state index in [1.807, 2.05) is 24.4 Å². The molecule has 5 aromatic rings. The maximum atomic E-state index is 15.0. The Morgan fingerprint density at radius 2 is 1.90 bits per heavy atom. The summed E-state index contributed by atoms with van der Waals surface area (Å²) in [7, 11) is 0. The van der Waals surface area contributed by atoms with E-state index < -0.39 is 5.97 Å². The van der Waals surface area contributed by atoms with E-state index in [9.17, 15) is 9.90 Å². The van der Waals surface area contributed by atoms with E-state index in [2.05, 4.69) is 19.8 Å². The van der Waals surface area contributed by atoms with E-state index in [4.69, 9.17) is 24.2 Å². The number of benzene rings is 2. The van der Waals surface area contributed by atoms with Gasteiger partial charge < -0.3 is 23.9 Å². The van der Waals surface area contributed by atoms with E-state index in [0.717, 1.165) is 61.5 Å². The number of rotatable bonds is 11. The summed E-state index contributed by atoms with van der Waals surface area (Å²) in [5, 5.41) is 17.9. The van der Waals surface area contributed by atoms with Crippen LogP contribution in [0.5, 0.6) is 5.88 Å². The van der Waals surface area contributed by atoms with E-state index >= 15 is 4.39 Å². The molecule has 0 spiro atoms. The fourth-order valence-electron chi connectivity index (χ4n) is 6.53. The van der Waals surface area contributed by atoms with E-state index in [1.165, 1.54) is 6.07 Å². The van der Waals surface area contributed by atoms with Crippen LogP contribution in [0.2, 0.25) is 0 Å². The summed E-state index contributed by atoms with van der Waals surface area (Å²) in [6, 6.07) is 16.1. The highest BCUT2D eigenvalue weighted by atomic mass is 19.1. The van der Waals surface area contributed by atoms with Gasteiger partial charge in [-0.1, -0.05) is 23.4 Å². The maximum absolute atomic E-state index is 15.0. The maximum Gasteiger partial charge on any atom is 0.335 e. The molecule has 3 saturated heterocycles. The Balaban J connectivity index is 0.886. The Morgan fingerprint density at radius 1 is 1.04 bits per heavy atom. The fourth-order valence-corrected chi connectivity index (χ4v) is 6.53. The van der Waals surface area contributed by atoms with Crippen LogP contribution in [-0.2, 0) is 29.2 Å². The molecule has 13 heteroatoms. The molecule has 248 valence electrons. The van der Waals surface area contributed by atoms with E-state index in [1.54, 1.807) is 35.0 Å². The summed E-state index contributed by atoms with van der Waals surface area (Å²) < 4.78 is 35.8. The van der Waals surface area contributed by atoms with Gasteiger partial charge in [0, 0.05) is 35.4 Å². The first-order chi connectivity index (χ1) is 23.5. The fraction of sp³-hybridized carbons (Fsp3) is 0.400. The molecular weight excluding hydrogens is 617 g/mol. The number of pyridine rings is 1. The quantitative estimate of drug-likeness (QED) is 0.211. The highest BCUT2D eigenvalue weighted by molar-refractivity contribution is 5.92. The van der Waals surface area contributed by atoms with Crippen LogP contribution in [0.1, 0.15) is 58.7 Å². The Morgan fingerprint density at radius 3 is 2.62 bits per heavy atom. The van der Waals surface area contributed by atoms with Crippen molar-refractivity contribution in [2.24, 2.45) is 0 Å². The van der Waals surface area contributed by atoms with Crippen LogP contribution in [0.15, 0.2) is 60.8 Å². The average molecular weight is 654 g/mol. The minimum Gasteiger partial charge on any atom is -0.478 e. The van der Waals surface area contributed by atoms with Crippen molar-refractivity contribution in [3.8, 4) is 17.1 Å². The number of ether oxygens (including phenoxy) is 3. The van der Waals surface area contributed by atoms with Crippen LogP contribution in [0.4, 0.5) is 4.39 Å². The number of carboxylic acids is 1. The zero-order chi connectivity index (χ0) is 32.6. The van der Waals surface area contributed by atoms with Crippen molar-refractivity contribution < 1.29 is 28.5 Å². The summed E-state index contributed by atoms with van der Waals surface area (Å²) >= 11 is 0. The SMILES string of the molecule is O=C(O)c1ccc2nc(CN3CCC(c4cccc(OCc5ccc(-c6cn(C7COC7)nn6)cc5F)n4)CC3)n(CC3CCO3)c2c1. The summed E-state index contributed by atoms with van der Waals surface area (Å²) in [4.78, 5) is 23.7. The molecule has 6 heterocycles. The van der Waals surface area contributed by atoms with Gasteiger partial charge in [-0.05, 0) is 62.7 Å². The summed E-state index contributed by atoms with van der Waals surface area (Å²) in [5.41, 5.74) is 4.56. The normalized spacial score (nSPS) is 18.9. The lowest BCUT2D eigenvalue weighted by Crippen LogP contribution is -2.35. The topological polar surface area (TPSA) is 130 Å². The Labute approximate surface area is 276 Å². The molecule has 3 aliphatic rings. The minimum atomic E-state index is -0.949. The summed E-state index contributed by atoms with van der Waals surface area (Å²) in [6.45, 7) is 5.13. The van der Waals surface area contributed by atoms with E-state index in [-0.39, 0.29) is 36.1 Å². The van der Waals surface area contributed by atoms with E-state index in [0.29, 0.717) is 49.0 Å². The van der Waals surface area contributed by atoms with Crippen molar-refractivity contribution in [3.63, 3.8) is 0 Å². The molecule has 0 bridgehead atoms. The van der Waals surface area contributed by atoms with Crippen molar-refractivity contribution in [1.29, 1.82) is 0 Å². The second kappa shape index (κ2) is 13.1. The zero-order valence-electron chi connectivity index (χ0n) is 26.4. The van der Waals surface area contributed by atoms with Gasteiger partial charge in [0.1, 0.15) is 30.0 Å². The van der Waals surface area contributed by atoms with Gasteiger partial charge in [-0.15, -0.1) is 5.10 Å². The van der Waals surface area contributed by atoms with Crippen LogP contribution in [-0.4, -0.2) is 84.5 Å². The molecule has 0 radical (unpaired) electrons. The van der Waals surface area contributed by atoms with Crippen LogP contribution in [0.3, 0.4) is 0 Å². The van der Waals surface area contributed by atoms with Crippen LogP contribution < -0.4 is 4.74 Å². The Bertz CT molecular complexity index is 1940. The van der Waals surface area contributed by atoms with Crippen molar-refractivity contribution in [2.45, 2.75) is 57.0 Å². The van der Waals surface area contributed by atoms with Crippen molar-refractivity contribution >= 4 is 17.0 Å². The van der Waals surface area contributed by atoms with Gasteiger partial charge in [0.05, 0.1) is 55.2 Å². The molecule has 2 aromatic carbocycles. The number of aromatic nitrogens is 6. The third kappa shape index (κ3) is 6.28. The van der Waals surface area contributed by atoms with Crippen LogP contribution in [0, 0.1) is 5.82 Å². The number of carbonyl (C=O) groups is 1. The number of hydrogen-bond donors (Lipinski definition) is 1. The van der Waals surface area contributed by atoms with Crippen LogP contribution in [0.25, 0.3) is 22.3 Å². The van der Waals surface area contributed by atoms with Crippen molar-refractivity contribution in [2.75, 3.05) is 32.9 Å². The van der Waals surface area contributed by atoms with Crippen molar-refractivity contribution in [1.82, 2.24) is 34.4 Å². The third-order valence-electron chi connectivity index (χ3n) is 9.60. The second-order valence-electron chi connectivity index (χ2n) is 12.7. The predicted octanol–water partition coefficient (Wildman–Crippen LogP) is 4.85. The second-order valence-corrected chi connectivity index (χ2v) is 12.7. The monoisotopic (exact) mass is 653 g/mol. The van der Waals surface area contributed by atoms with Gasteiger partial charge in [-0.25, -0.2) is 23.8 Å². The molecule has 3 aliphatic heterocycles. The lowest BCUT2D eigenvalue weighted by molar-refractivity contribution is -0.0592. The smallest absolute Gasteiger partial charge is 0.335 e. The zero-order valence-corrected chi connectivity index (χ0v) is 26.4. The summed E-state index contributed by atoms with van der Waals surface area (Å²) in [5.74, 6) is 0.354. The van der Waals surface area contributed by atoms with Gasteiger partial charge >= 0.3 is 5.97 Å². The number of likely N-dealkylation sites (tertiary alicyclic amines) is 1. The Kier molecular flexibility index (Phi) is 8.33. The summed E-state index contributed by atoms with van der Waals surface area (Å²) in [6.07, 6.45) is 4.79. The average Bonchev–Trinajstić information content (AvgIpc) is 3.66. The lowest BCUT2D eigenvalue weighted by atomic mass is 9.93. The van der Waals surface area contributed by atoms with Gasteiger partial charge in [0.2, 0.25) is 5.88 Å². The van der Waals surface area contributed by atoms with Gasteiger partial charge in [0.25, 0.3) is 0 Å². The Hall–Kier alpha value is -4.72. The number of hydrogen-bond acceptors (Lipinski definition) is 9. The first-order valence-electron chi connectivity index (χ1n) is 16.4. The highest BCUT2D eigenvalue weighted by Crippen LogP contribution is 2.30. The first-order valence-corrected chi connectivity index (χ1v) is 16.4. The number of halogens is 1. The molecule has 48 heavy (non-hydrogen) atoms. The molecule has 8 rings (SSSR count). The standard InChI is InChI=1S/C35H36FN7O5/c36-28-14-23(31-17-43(40-39-31)26-20-46-21-26)4-5-25(28)19-48-34-3-1-2-29(38-34)22-8-11-41(12-9-22)18-33-37-30-7-6-24(35(44)45)15-32(30)42(33)16-27-10-13-47-27/h1-7,14-15,17,22,26-27H,8-13,16,18-21H2,(H,44,45). The number of nitrogens with zero attached hydrogens (tertiary/aromatic N) is 7. The van der Waals surface area contributed by atoms with Gasteiger partial charge in [-0.3, -0.25) is 4.90 Å². The van der Waals surface area contributed by atoms with Gasteiger partial charge in [-0.2, -0.15) is 0 Å². The molecule has 12 nitrogen and oxygen atoms in total. The third-order valence-corrected chi connectivity index (χ3v) is 9.60. The number of imidazole rings is 1. The molecule has 0 aliphatic carbocycles. The van der Waals surface area contributed by atoms with Gasteiger partial charge in [0.15, 0.2) is 0 Å².